The van der Waals surface area contributed by atoms with Crippen LogP contribution in [0.15, 0.2) is 0 Å². The summed E-state index contributed by atoms with van der Waals surface area (Å²) in [5.41, 5.74) is 6.18. The fourth-order valence-electron chi connectivity index (χ4n) is 2.50. The van der Waals surface area contributed by atoms with Crippen molar-refractivity contribution >= 4 is 29.5 Å². The number of ether oxygens (including phenoxy) is 1. The molecule has 1 atom stereocenters. The van der Waals surface area contributed by atoms with Gasteiger partial charge in [0.15, 0.2) is 0 Å². The predicted octanol–water partition coefficient (Wildman–Crippen LogP) is -0.594. The molecule has 9 heteroatoms. The Morgan fingerprint density at radius 2 is 2.10 bits per heavy atom. The minimum Gasteiger partial charge on any atom is -0.481 e. The number of morpholine rings is 1. The molecule has 0 aromatic carbocycles. The van der Waals surface area contributed by atoms with E-state index < -0.39 is 11.9 Å². The molecular weight excluding hydrogens is 278 g/mol. The van der Waals surface area contributed by atoms with Crippen LogP contribution in [0.25, 0.3) is 0 Å². The minimum absolute atomic E-state index is 0.0916. The molecule has 3 heterocycles. The number of amides is 1. The molecule has 4 N–H and O–H groups in total. The number of carbonyl (C=O) groups is 2. The highest BCUT2D eigenvalue weighted by atomic mass is 16.5. The van der Waals surface area contributed by atoms with Crippen molar-refractivity contribution in [1.29, 1.82) is 0 Å². The molecule has 0 saturated carbocycles. The van der Waals surface area contributed by atoms with Gasteiger partial charge in [-0.25, -0.2) is 0 Å². The van der Waals surface area contributed by atoms with E-state index in [-0.39, 0.29) is 29.5 Å². The number of nitrogens with zero attached hydrogens (tertiary/aromatic N) is 3. The van der Waals surface area contributed by atoms with Crippen LogP contribution in [-0.2, 0) is 14.3 Å². The number of carboxylic acids is 1. The third kappa shape index (κ3) is 2.47. The monoisotopic (exact) mass is 293 g/mol. The van der Waals surface area contributed by atoms with Gasteiger partial charge in [-0.2, -0.15) is 9.97 Å². The molecule has 0 radical (unpaired) electrons. The zero-order valence-corrected chi connectivity index (χ0v) is 11.2. The molecule has 1 aromatic heterocycles. The summed E-state index contributed by atoms with van der Waals surface area (Å²) >= 11 is 0. The lowest BCUT2D eigenvalue weighted by Gasteiger charge is -2.29. The molecule has 0 bridgehead atoms. The molecule has 1 amide bonds. The highest BCUT2D eigenvalue weighted by Gasteiger charge is 2.35. The number of anilines is 3. The van der Waals surface area contributed by atoms with E-state index in [9.17, 15) is 14.7 Å². The van der Waals surface area contributed by atoms with Crippen molar-refractivity contribution in [3.05, 3.63) is 5.56 Å². The Morgan fingerprint density at radius 3 is 2.76 bits per heavy atom. The van der Waals surface area contributed by atoms with Gasteiger partial charge in [0.25, 0.3) is 0 Å². The van der Waals surface area contributed by atoms with E-state index in [0.29, 0.717) is 32.3 Å². The Bertz CT molecular complexity index is 600. The third-order valence-electron chi connectivity index (χ3n) is 3.55. The molecule has 0 spiro atoms. The second kappa shape index (κ2) is 5.17. The molecule has 1 saturated heterocycles. The first-order valence-corrected chi connectivity index (χ1v) is 6.59. The first-order valence-electron chi connectivity index (χ1n) is 6.59. The summed E-state index contributed by atoms with van der Waals surface area (Å²) < 4.78 is 5.25. The first kappa shape index (κ1) is 13.6. The lowest BCUT2D eigenvalue weighted by molar-refractivity contribution is -0.140. The van der Waals surface area contributed by atoms with Crippen LogP contribution in [0.3, 0.4) is 0 Å². The van der Waals surface area contributed by atoms with E-state index in [2.05, 4.69) is 15.3 Å². The molecule has 9 nitrogen and oxygen atoms in total. The third-order valence-corrected chi connectivity index (χ3v) is 3.55. The number of nitrogens with one attached hydrogen (secondary N) is 1. The van der Waals surface area contributed by atoms with Crippen molar-refractivity contribution in [2.45, 2.75) is 12.3 Å². The zero-order chi connectivity index (χ0) is 15.0. The van der Waals surface area contributed by atoms with Crippen molar-refractivity contribution in [2.24, 2.45) is 0 Å². The van der Waals surface area contributed by atoms with Gasteiger partial charge in [0.2, 0.25) is 11.9 Å². The van der Waals surface area contributed by atoms with Gasteiger partial charge in [0.1, 0.15) is 11.6 Å². The van der Waals surface area contributed by atoms with E-state index in [4.69, 9.17) is 10.5 Å². The van der Waals surface area contributed by atoms with Crippen molar-refractivity contribution in [2.75, 3.05) is 42.3 Å². The van der Waals surface area contributed by atoms with Crippen LogP contribution in [0.4, 0.5) is 17.6 Å². The first-order chi connectivity index (χ1) is 10.1. The largest absolute Gasteiger partial charge is 0.481 e. The van der Waals surface area contributed by atoms with Gasteiger partial charge in [0, 0.05) is 19.5 Å². The molecule has 112 valence electrons. The molecule has 1 fully saturated rings. The average Bonchev–Trinajstić information content (AvgIpc) is 2.46. The summed E-state index contributed by atoms with van der Waals surface area (Å²) in [6.45, 7) is 2.36. The van der Waals surface area contributed by atoms with Gasteiger partial charge in [-0.15, -0.1) is 0 Å². The number of nitrogen functional groups attached to an aromatic ring is 1. The Balaban J connectivity index is 2.01. The van der Waals surface area contributed by atoms with Gasteiger partial charge in [-0.05, 0) is 0 Å². The molecule has 2 aliphatic heterocycles. The molecule has 1 unspecified atom stereocenters. The van der Waals surface area contributed by atoms with Crippen LogP contribution in [0.2, 0.25) is 0 Å². The highest BCUT2D eigenvalue weighted by molar-refractivity contribution is 6.00. The standard InChI is InChI=1S/C12H15N5O4/c13-9-8-6(11(19)20)5-7(18)14-10(8)16-12(15-9)17-1-3-21-4-2-17/h6H,1-5H2,(H,19,20)(H3,13,14,15,16,18). The van der Waals surface area contributed by atoms with E-state index in [0.717, 1.165) is 0 Å². The van der Waals surface area contributed by atoms with Crippen LogP contribution < -0.4 is 16.0 Å². The summed E-state index contributed by atoms with van der Waals surface area (Å²) in [5, 5.41) is 11.8. The highest BCUT2D eigenvalue weighted by Crippen LogP contribution is 2.35. The summed E-state index contributed by atoms with van der Waals surface area (Å²) in [7, 11) is 0. The van der Waals surface area contributed by atoms with E-state index in [1.165, 1.54) is 0 Å². The van der Waals surface area contributed by atoms with Crippen molar-refractivity contribution in [3.63, 3.8) is 0 Å². The van der Waals surface area contributed by atoms with Crippen LogP contribution in [0, 0.1) is 0 Å². The van der Waals surface area contributed by atoms with Gasteiger partial charge >= 0.3 is 5.97 Å². The fourth-order valence-corrected chi connectivity index (χ4v) is 2.50. The van der Waals surface area contributed by atoms with Gasteiger partial charge in [0.05, 0.1) is 24.7 Å². The number of nitrogens with two attached hydrogens (primary N) is 1. The second-order valence-corrected chi connectivity index (χ2v) is 4.91. The van der Waals surface area contributed by atoms with Crippen LogP contribution >= 0.6 is 0 Å². The molecular formula is C12H15N5O4. The van der Waals surface area contributed by atoms with Crippen LogP contribution in [0.1, 0.15) is 17.9 Å². The number of rotatable bonds is 2. The van der Waals surface area contributed by atoms with Crippen molar-refractivity contribution in [1.82, 2.24) is 9.97 Å². The van der Waals surface area contributed by atoms with E-state index in [1.54, 1.807) is 0 Å². The zero-order valence-electron chi connectivity index (χ0n) is 11.2. The number of fused-ring (bicyclic) bond motifs is 1. The Labute approximate surface area is 120 Å². The average molecular weight is 293 g/mol. The summed E-state index contributed by atoms with van der Waals surface area (Å²) in [6.07, 6.45) is -0.160. The Morgan fingerprint density at radius 1 is 1.38 bits per heavy atom. The lowest BCUT2D eigenvalue weighted by Crippen LogP contribution is -2.38. The lowest BCUT2D eigenvalue weighted by atomic mass is 9.93. The van der Waals surface area contributed by atoms with Crippen LogP contribution in [-0.4, -0.2) is 53.3 Å². The summed E-state index contributed by atoms with van der Waals surface area (Å²) in [4.78, 5) is 33.3. The number of hydrogen-bond acceptors (Lipinski definition) is 7. The van der Waals surface area contributed by atoms with Crippen molar-refractivity contribution < 1.29 is 19.4 Å². The smallest absolute Gasteiger partial charge is 0.311 e. The fraction of sp³-hybridized carbons (Fsp3) is 0.500. The summed E-state index contributed by atoms with van der Waals surface area (Å²) in [5.74, 6) is -1.85. The molecule has 21 heavy (non-hydrogen) atoms. The van der Waals surface area contributed by atoms with Crippen molar-refractivity contribution in [3.8, 4) is 0 Å². The maximum absolute atomic E-state index is 11.6. The summed E-state index contributed by atoms with van der Waals surface area (Å²) in [6, 6.07) is 0. The second-order valence-electron chi connectivity index (χ2n) is 4.91. The Hall–Kier alpha value is -2.42. The quantitative estimate of drug-likeness (QED) is 0.659. The molecule has 0 aliphatic carbocycles. The molecule has 2 aliphatic rings. The predicted molar refractivity (Wildman–Crippen MR) is 73.1 cm³/mol. The van der Waals surface area contributed by atoms with Gasteiger partial charge in [-0.3, -0.25) is 9.59 Å². The van der Waals surface area contributed by atoms with Crippen LogP contribution in [0.5, 0.6) is 0 Å². The molecule has 1 aromatic rings. The SMILES string of the molecule is Nc1nc(N2CCOCC2)nc2c1C(C(=O)O)CC(=O)N2. The van der Waals surface area contributed by atoms with Gasteiger partial charge < -0.3 is 25.8 Å². The minimum atomic E-state index is -1.11. The van der Waals surface area contributed by atoms with E-state index >= 15 is 0 Å². The number of aliphatic carboxylic acids is 1. The molecule has 3 rings (SSSR count). The number of aromatic nitrogens is 2. The Kier molecular flexibility index (Phi) is 3.34. The van der Waals surface area contributed by atoms with Gasteiger partial charge in [-0.1, -0.05) is 0 Å². The topological polar surface area (TPSA) is 131 Å². The maximum Gasteiger partial charge on any atom is 0.311 e. The number of carbonyl (C=O) groups excluding carboxylic acids is 1. The normalized spacial score (nSPS) is 21.6. The number of hydrogen-bond donors (Lipinski definition) is 3. The number of carboxylic acid groups (broad SMARTS) is 1. The van der Waals surface area contributed by atoms with E-state index in [1.807, 2.05) is 4.90 Å². The maximum atomic E-state index is 11.6.